The highest BCUT2D eigenvalue weighted by Gasteiger charge is 2.30. The molecule has 0 amide bonds. The van der Waals surface area contributed by atoms with Crippen LogP contribution in [0.3, 0.4) is 0 Å². The van der Waals surface area contributed by atoms with Gasteiger partial charge in [0.05, 0.1) is 16.6 Å². The summed E-state index contributed by atoms with van der Waals surface area (Å²) in [5, 5.41) is 0.641. The molecule has 0 atom stereocenters. The lowest BCUT2D eigenvalue weighted by atomic mass is 10.1. The number of esters is 1. The molecule has 0 saturated carbocycles. The van der Waals surface area contributed by atoms with Crippen LogP contribution in [-0.4, -0.2) is 11.0 Å². The number of ether oxygens (including phenoxy) is 1. The van der Waals surface area contributed by atoms with Gasteiger partial charge in [-0.05, 0) is 36.8 Å². The van der Waals surface area contributed by atoms with E-state index in [0.29, 0.717) is 22.2 Å². The molecule has 2 aromatic carbocycles. The summed E-state index contributed by atoms with van der Waals surface area (Å²) in [7, 11) is 0. The maximum Gasteiger partial charge on any atom is 0.416 e. The average molecular weight is 345 g/mol. The number of nitrogens with zero attached hydrogens (tertiary/aromatic N) is 1. The van der Waals surface area contributed by atoms with Crippen LogP contribution in [-0.2, 0) is 17.5 Å². The summed E-state index contributed by atoms with van der Waals surface area (Å²) in [6, 6.07) is 13.5. The van der Waals surface area contributed by atoms with Crippen LogP contribution in [0.25, 0.3) is 10.9 Å². The van der Waals surface area contributed by atoms with Crippen molar-refractivity contribution in [3.63, 3.8) is 0 Å². The number of halogens is 3. The van der Waals surface area contributed by atoms with E-state index in [1.807, 2.05) is 6.07 Å². The van der Waals surface area contributed by atoms with E-state index in [1.54, 1.807) is 31.2 Å². The summed E-state index contributed by atoms with van der Waals surface area (Å²) in [6.07, 6.45) is -4.43. The standard InChI is InChI=1S/C19H14F3NO2/c1-12-9-16(15-7-2-3-8-17(15)23-12)18(24)25-11-13-5-4-6-14(10-13)19(20,21)22/h2-10H,11H2,1H3. The van der Waals surface area contributed by atoms with Crippen LogP contribution in [0.2, 0.25) is 0 Å². The second-order valence-electron chi connectivity index (χ2n) is 5.60. The molecule has 0 spiro atoms. The van der Waals surface area contributed by atoms with Crippen LogP contribution in [0.5, 0.6) is 0 Å². The number of aromatic nitrogens is 1. The van der Waals surface area contributed by atoms with Crippen molar-refractivity contribution in [2.24, 2.45) is 0 Å². The molecule has 6 heteroatoms. The van der Waals surface area contributed by atoms with Crippen molar-refractivity contribution in [2.75, 3.05) is 0 Å². The first-order chi connectivity index (χ1) is 11.8. The minimum Gasteiger partial charge on any atom is -0.457 e. The molecule has 1 aromatic heterocycles. The molecule has 25 heavy (non-hydrogen) atoms. The van der Waals surface area contributed by atoms with Gasteiger partial charge in [0.1, 0.15) is 6.61 Å². The number of hydrogen-bond donors (Lipinski definition) is 0. The Morgan fingerprint density at radius 1 is 1.08 bits per heavy atom. The molecule has 0 unspecified atom stereocenters. The average Bonchev–Trinajstić information content (AvgIpc) is 2.58. The number of pyridine rings is 1. The van der Waals surface area contributed by atoms with Crippen molar-refractivity contribution in [1.29, 1.82) is 0 Å². The highest BCUT2D eigenvalue weighted by atomic mass is 19.4. The van der Waals surface area contributed by atoms with Gasteiger partial charge in [-0.3, -0.25) is 4.98 Å². The Hall–Kier alpha value is -2.89. The van der Waals surface area contributed by atoms with E-state index in [9.17, 15) is 18.0 Å². The number of rotatable bonds is 3. The molecule has 3 aromatic rings. The second kappa shape index (κ2) is 6.55. The number of carbonyl (C=O) groups is 1. The van der Waals surface area contributed by atoms with Gasteiger partial charge in [-0.25, -0.2) is 4.79 Å². The van der Waals surface area contributed by atoms with E-state index >= 15 is 0 Å². The van der Waals surface area contributed by atoms with Gasteiger partial charge < -0.3 is 4.74 Å². The first kappa shape index (κ1) is 17.0. The highest BCUT2D eigenvalue weighted by molar-refractivity contribution is 6.03. The third kappa shape index (κ3) is 3.79. The lowest BCUT2D eigenvalue weighted by Gasteiger charge is -2.10. The van der Waals surface area contributed by atoms with Crippen LogP contribution in [0.4, 0.5) is 13.2 Å². The summed E-state index contributed by atoms with van der Waals surface area (Å²) < 4.78 is 43.4. The van der Waals surface area contributed by atoms with Gasteiger partial charge in [-0.15, -0.1) is 0 Å². The molecule has 0 aliphatic heterocycles. The van der Waals surface area contributed by atoms with Crippen LogP contribution in [0.15, 0.2) is 54.6 Å². The minimum atomic E-state index is -4.43. The Bertz CT molecular complexity index is 935. The number of fused-ring (bicyclic) bond motifs is 1. The molecule has 1 heterocycles. The summed E-state index contributed by atoms with van der Waals surface area (Å²) in [4.78, 5) is 16.7. The zero-order valence-corrected chi connectivity index (χ0v) is 13.3. The Balaban J connectivity index is 1.82. The Morgan fingerprint density at radius 2 is 1.84 bits per heavy atom. The molecule has 0 N–H and O–H groups in total. The molecule has 3 nitrogen and oxygen atoms in total. The Labute approximate surface area is 142 Å². The first-order valence-electron chi connectivity index (χ1n) is 7.54. The summed E-state index contributed by atoms with van der Waals surface area (Å²) in [6.45, 7) is 1.52. The fraction of sp³-hybridized carbons (Fsp3) is 0.158. The highest BCUT2D eigenvalue weighted by Crippen LogP contribution is 2.29. The predicted octanol–water partition coefficient (Wildman–Crippen LogP) is 4.92. The van der Waals surface area contributed by atoms with Crippen molar-refractivity contribution in [1.82, 2.24) is 4.98 Å². The molecule has 0 radical (unpaired) electrons. The molecule has 3 rings (SSSR count). The molecule has 0 bridgehead atoms. The quantitative estimate of drug-likeness (QED) is 0.633. The van der Waals surface area contributed by atoms with Crippen LogP contribution >= 0.6 is 0 Å². The van der Waals surface area contributed by atoms with E-state index in [-0.39, 0.29) is 12.2 Å². The van der Waals surface area contributed by atoms with Gasteiger partial charge in [0.25, 0.3) is 0 Å². The number of para-hydroxylation sites is 1. The molecular weight excluding hydrogens is 331 g/mol. The Morgan fingerprint density at radius 3 is 2.60 bits per heavy atom. The van der Waals surface area contributed by atoms with Crippen molar-refractivity contribution in [2.45, 2.75) is 19.7 Å². The van der Waals surface area contributed by atoms with Crippen LogP contribution in [0.1, 0.15) is 27.2 Å². The summed E-state index contributed by atoms with van der Waals surface area (Å²) in [5.74, 6) is -0.598. The molecule has 128 valence electrons. The molecule has 0 aliphatic rings. The van der Waals surface area contributed by atoms with E-state index < -0.39 is 17.7 Å². The number of carbonyl (C=O) groups excluding carboxylic acids is 1. The van der Waals surface area contributed by atoms with Gasteiger partial charge in [-0.2, -0.15) is 13.2 Å². The molecule has 0 fully saturated rings. The summed E-state index contributed by atoms with van der Waals surface area (Å²) >= 11 is 0. The minimum absolute atomic E-state index is 0.238. The first-order valence-corrected chi connectivity index (χ1v) is 7.54. The lowest BCUT2D eigenvalue weighted by Crippen LogP contribution is -2.09. The van der Waals surface area contributed by atoms with Crippen LogP contribution < -0.4 is 0 Å². The lowest BCUT2D eigenvalue weighted by molar-refractivity contribution is -0.137. The number of benzene rings is 2. The van der Waals surface area contributed by atoms with Crippen LogP contribution in [0, 0.1) is 6.92 Å². The number of alkyl halides is 3. The van der Waals surface area contributed by atoms with Gasteiger partial charge in [-0.1, -0.05) is 30.3 Å². The van der Waals surface area contributed by atoms with Gasteiger partial charge in [0.2, 0.25) is 0 Å². The fourth-order valence-electron chi connectivity index (χ4n) is 2.54. The monoisotopic (exact) mass is 345 g/mol. The molecular formula is C19H14F3NO2. The van der Waals surface area contributed by atoms with Gasteiger partial charge >= 0.3 is 12.1 Å². The van der Waals surface area contributed by atoms with Crippen molar-refractivity contribution < 1.29 is 22.7 Å². The zero-order chi connectivity index (χ0) is 18.0. The Kier molecular flexibility index (Phi) is 4.44. The molecule has 0 aliphatic carbocycles. The zero-order valence-electron chi connectivity index (χ0n) is 13.3. The van der Waals surface area contributed by atoms with Crippen molar-refractivity contribution in [3.8, 4) is 0 Å². The maximum atomic E-state index is 12.7. The second-order valence-corrected chi connectivity index (χ2v) is 5.60. The smallest absolute Gasteiger partial charge is 0.416 e. The number of hydrogen-bond acceptors (Lipinski definition) is 3. The van der Waals surface area contributed by atoms with Crippen molar-refractivity contribution >= 4 is 16.9 Å². The number of aryl methyl sites for hydroxylation is 1. The van der Waals surface area contributed by atoms with E-state index in [0.717, 1.165) is 12.1 Å². The van der Waals surface area contributed by atoms with Gasteiger partial charge in [0.15, 0.2) is 0 Å². The maximum absolute atomic E-state index is 12.7. The summed E-state index contributed by atoms with van der Waals surface area (Å²) in [5.41, 5.74) is 1.16. The van der Waals surface area contributed by atoms with E-state index in [2.05, 4.69) is 4.98 Å². The predicted molar refractivity (Wildman–Crippen MR) is 87.0 cm³/mol. The third-order valence-corrected chi connectivity index (χ3v) is 3.69. The largest absolute Gasteiger partial charge is 0.457 e. The third-order valence-electron chi connectivity index (χ3n) is 3.69. The topological polar surface area (TPSA) is 39.2 Å². The van der Waals surface area contributed by atoms with Gasteiger partial charge in [0, 0.05) is 11.1 Å². The molecule has 0 saturated heterocycles. The SMILES string of the molecule is Cc1cc(C(=O)OCc2cccc(C(F)(F)F)c2)c2ccccc2n1. The fourth-order valence-corrected chi connectivity index (χ4v) is 2.54. The normalized spacial score (nSPS) is 11.5. The van der Waals surface area contributed by atoms with Crippen molar-refractivity contribution in [3.05, 3.63) is 77.0 Å². The van der Waals surface area contributed by atoms with E-state index in [1.165, 1.54) is 12.1 Å². The van der Waals surface area contributed by atoms with E-state index in [4.69, 9.17) is 4.74 Å².